The SMILES string of the molecule is C=CCC(C#N)(C(=O)O)c1ccc(OCc2ccccc2)cc1. The Hall–Kier alpha value is -3.06. The zero-order valence-electron chi connectivity index (χ0n) is 12.6. The Bertz CT molecular complexity index is 717. The van der Waals surface area contributed by atoms with Crippen LogP contribution in [0, 0.1) is 11.3 Å². The minimum absolute atomic E-state index is 0.0447. The van der Waals surface area contributed by atoms with Crippen molar-refractivity contribution in [1.29, 1.82) is 5.26 Å². The molecule has 1 unspecified atom stereocenters. The molecule has 0 spiro atoms. The molecule has 0 aliphatic rings. The molecule has 4 nitrogen and oxygen atoms in total. The maximum atomic E-state index is 11.5. The number of rotatable bonds is 7. The van der Waals surface area contributed by atoms with Crippen LogP contribution in [0.3, 0.4) is 0 Å². The van der Waals surface area contributed by atoms with Crippen molar-refractivity contribution in [2.75, 3.05) is 0 Å². The van der Waals surface area contributed by atoms with Crippen molar-refractivity contribution >= 4 is 5.97 Å². The number of allylic oxidation sites excluding steroid dienone is 1. The van der Waals surface area contributed by atoms with Crippen LogP contribution in [-0.2, 0) is 16.8 Å². The highest BCUT2D eigenvalue weighted by Gasteiger charge is 2.39. The molecule has 0 aliphatic carbocycles. The van der Waals surface area contributed by atoms with Gasteiger partial charge in [0.15, 0.2) is 5.41 Å². The Morgan fingerprint density at radius 1 is 1.22 bits per heavy atom. The number of hydrogen-bond acceptors (Lipinski definition) is 3. The second-order valence-corrected chi connectivity index (χ2v) is 5.11. The number of nitrogens with zero attached hydrogens (tertiary/aromatic N) is 1. The van der Waals surface area contributed by atoms with Gasteiger partial charge in [-0.05, 0) is 29.7 Å². The van der Waals surface area contributed by atoms with Crippen LogP contribution in [0.15, 0.2) is 67.3 Å². The van der Waals surface area contributed by atoms with E-state index in [1.165, 1.54) is 6.08 Å². The summed E-state index contributed by atoms with van der Waals surface area (Å²) >= 11 is 0. The molecule has 2 aromatic carbocycles. The van der Waals surface area contributed by atoms with Crippen molar-refractivity contribution in [3.05, 3.63) is 78.4 Å². The Morgan fingerprint density at radius 3 is 2.39 bits per heavy atom. The van der Waals surface area contributed by atoms with Crippen molar-refractivity contribution in [2.24, 2.45) is 0 Å². The molecule has 0 saturated carbocycles. The van der Waals surface area contributed by atoms with Crippen molar-refractivity contribution in [1.82, 2.24) is 0 Å². The highest BCUT2D eigenvalue weighted by Crippen LogP contribution is 2.30. The lowest BCUT2D eigenvalue weighted by atomic mass is 9.79. The predicted molar refractivity (Wildman–Crippen MR) is 87.0 cm³/mol. The zero-order chi connectivity index (χ0) is 16.7. The summed E-state index contributed by atoms with van der Waals surface area (Å²) in [4.78, 5) is 11.5. The number of carboxylic acid groups (broad SMARTS) is 1. The van der Waals surface area contributed by atoms with E-state index in [9.17, 15) is 15.2 Å². The Labute approximate surface area is 135 Å². The van der Waals surface area contributed by atoms with Gasteiger partial charge in [-0.1, -0.05) is 48.5 Å². The van der Waals surface area contributed by atoms with Crippen LogP contribution < -0.4 is 4.74 Å². The Balaban J connectivity index is 2.16. The average molecular weight is 307 g/mol. The molecule has 2 aromatic rings. The minimum atomic E-state index is -1.61. The number of carbonyl (C=O) groups is 1. The lowest BCUT2D eigenvalue weighted by molar-refractivity contribution is -0.141. The molecule has 0 radical (unpaired) electrons. The summed E-state index contributed by atoms with van der Waals surface area (Å²) in [6.45, 7) is 3.97. The van der Waals surface area contributed by atoms with Crippen LogP contribution in [0.5, 0.6) is 5.75 Å². The first-order chi connectivity index (χ1) is 11.1. The normalized spacial score (nSPS) is 12.7. The lowest BCUT2D eigenvalue weighted by Crippen LogP contribution is -2.33. The maximum Gasteiger partial charge on any atom is 0.328 e. The van der Waals surface area contributed by atoms with Crippen molar-refractivity contribution < 1.29 is 14.6 Å². The van der Waals surface area contributed by atoms with Crippen LogP contribution in [0.25, 0.3) is 0 Å². The minimum Gasteiger partial charge on any atom is -0.489 e. The first-order valence-corrected chi connectivity index (χ1v) is 7.15. The summed E-state index contributed by atoms with van der Waals surface area (Å²) in [7, 11) is 0. The fourth-order valence-corrected chi connectivity index (χ4v) is 2.28. The number of hydrogen-bond donors (Lipinski definition) is 1. The van der Waals surface area contributed by atoms with Gasteiger partial charge in [0, 0.05) is 0 Å². The molecule has 0 amide bonds. The van der Waals surface area contributed by atoms with E-state index >= 15 is 0 Å². The molecular weight excluding hydrogens is 290 g/mol. The van der Waals surface area contributed by atoms with Gasteiger partial charge in [0.25, 0.3) is 0 Å². The van der Waals surface area contributed by atoms with Crippen molar-refractivity contribution in [3.63, 3.8) is 0 Å². The molecular formula is C19H17NO3. The summed E-state index contributed by atoms with van der Waals surface area (Å²) < 4.78 is 5.66. The molecule has 1 N–H and O–H groups in total. The molecule has 1 atom stereocenters. The van der Waals surface area contributed by atoms with Crippen LogP contribution in [0.1, 0.15) is 17.5 Å². The molecule has 2 rings (SSSR count). The molecule has 0 fully saturated rings. The van der Waals surface area contributed by atoms with Gasteiger partial charge in [-0.15, -0.1) is 6.58 Å². The molecule has 0 bridgehead atoms. The number of aliphatic carboxylic acids is 1. The van der Waals surface area contributed by atoms with Crippen molar-refractivity contribution in [3.8, 4) is 11.8 Å². The molecule has 23 heavy (non-hydrogen) atoms. The third kappa shape index (κ3) is 3.58. The van der Waals surface area contributed by atoms with Gasteiger partial charge < -0.3 is 9.84 Å². The van der Waals surface area contributed by atoms with Gasteiger partial charge in [-0.3, -0.25) is 4.79 Å². The van der Waals surface area contributed by atoms with E-state index in [0.29, 0.717) is 17.9 Å². The molecule has 0 aromatic heterocycles. The average Bonchev–Trinajstić information content (AvgIpc) is 2.59. The third-order valence-corrected chi connectivity index (χ3v) is 3.60. The number of ether oxygens (including phenoxy) is 1. The van der Waals surface area contributed by atoms with E-state index in [4.69, 9.17) is 4.74 Å². The zero-order valence-corrected chi connectivity index (χ0v) is 12.6. The smallest absolute Gasteiger partial charge is 0.328 e. The maximum absolute atomic E-state index is 11.5. The van der Waals surface area contributed by atoms with Gasteiger partial charge >= 0.3 is 5.97 Å². The van der Waals surface area contributed by atoms with Gasteiger partial charge in [-0.25, -0.2) is 0 Å². The predicted octanol–water partition coefficient (Wildman–Crippen LogP) is 3.69. The van der Waals surface area contributed by atoms with E-state index < -0.39 is 11.4 Å². The standard InChI is InChI=1S/C19H17NO3/c1-2-12-19(14-20,18(21)22)16-8-10-17(11-9-16)23-13-15-6-4-3-5-7-15/h2-11H,1,12-13H2,(H,21,22). The van der Waals surface area contributed by atoms with Crippen LogP contribution in [0.4, 0.5) is 0 Å². The fourth-order valence-electron chi connectivity index (χ4n) is 2.28. The Kier molecular flexibility index (Phi) is 5.16. The van der Waals surface area contributed by atoms with Gasteiger partial charge in [0.2, 0.25) is 0 Å². The number of benzene rings is 2. The number of nitriles is 1. The first kappa shape index (κ1) is 16.3. The van der Waals surface area contributed by atoms with E-state index in [1.807, 2.05) is 36.4 Å². The quantitative estimate of drug-likeness (QED) is 0.792. The second kappa shape index (κ2) is 7.28. The Morgan fingerprint density at radius 2 is 1.87 bits per heavy atom. The summed E-state index contributed by atoms with van der Waals surface area (Å²) in [5, 5.41) is 18.8. The van der Waals surface area contributed by atoms with Gasteiger partial charge in [0.1, 0.15) is 12.4 Å². The van der Waals surface area contributed by atoms with E-state index in [0.717, 1.165) is 5.56 Å². The summed E-state index contributed by atoms with van der Waals surface area (Å²) in [5.41, 5.74) is -0.153. The fraction of sp³-hybridized carbons (Fsp3) is 0.158. The van der Waals surface area contributed by atoms with Crippen LogP contribution in [-0.4, -0.2) is 11.1 Å². The molecule has 4 heteroatoms. The second-order valence-electron chi connectivity index (χ2n) is 5.11. The van der Waals surface area contributed by atoms with Gasteiger partial charge in [-0.2, -0.15) is 5.26 Å². The topological polar surface area (TPSA) is 70.3 Å². The highest BCUT2D eigenvalue weighted by atomic mass is 16.5. The monoisotopic (exact) mass is 307 g/mol. The number of carboxylic acids is 1. The first-order valence-electron chi connectivity index (χ1n) is 7.15. The molecule has 0 saturated heterocycles. The van der Waals surface area contributed by atoms with E-state index in [-0.39, 0.29) is 6.42 Å². The summed E-state index contributed by atoms with van der Waals surface area (Å²) in [6.07, 6.45) is 1.49. The molecule has 116 valence electrons. The lowest BCUT2D eigenvalue weighted by Gasteiger charge is -2.20. The van der Waals surface area contributed by atoms with Crippen LogP contribution in [0.2, 0.25) is 0 Å². The highest BCUT2D eigenvalue weighted by molar-refractivity contribution is 5.85. The largest absolute Gasteiger partial charge is 0.489 e. The summed E-state index contributed by atoms with van der Waals surface area (Å²) in [5.74, 6) is -0.564. The summed E-state index contributed by atoms with van der Waals surface area (Å²) in [6, 6.07) is 18.2. The van der Waals surface area contributed by atoms with E-state index in [1.54, 1.807) is 24.3 Å². The van der Waals surface area contributed by atoms with Gasteiger partial charge in [0.05, 0.1) is 6.07 Å². The molecule has 0 aliphatic heterocycles. The van der Waals surface area contributed by atoms with Crippen LogP contribution >= 0.6 is 0 Å². The third-order valence-electron chi connectivity index (χ3n) is 3.60. The van der Waals surface area contributed by atoms with E-state index in [2.05, 4.69) is 6.58 Å². The molecule has 0 heterocycles. The van der Waals surface area contributed by atoms with Crippen molar-refractivity contribution in [2.45, 2.75) is 18.4 Å².